The Balaban J connectivity index is 2.46. The number of phenols is 1. The van der Waals surface area contributed by atoms with Gasteiger partial charge in [0, 0.05) is 10.0 Å². The summed E-state index contributed by atoms with van der Waals surface area (Å²) < 4.78 is 5.66. The maximum Gasteiger partial charge on any atom is 0.326 e. The van der Waals surface area contributed by atoms with Crippen LogP contribution >= 0.6 is 15.9 Å². The van der Waals surface area contributed by atoms with E-state index in [4.69, 9.17) is 4.74 Å². The van der Waals surface area contributed by atoms with E-state index in [1.165, 1.54) is 13.2 Å². The fourth-order valence-electron chi connectivity index (χ4n) is 1.50. The summed E-state index contributed by atoms with van der Waals surface area (Å²) in [6.07, 6.45) is 1.36. The summed E-state index contributed by atoms with van der Waals surface area (Å²) in [6.45, 7) is 0. The highest BCUT2D eigenvalue weighted by Crippen LogP contribution is 2.34. The number of carbonyl (C=O) groups is 2. The summed E-state index contributed by atoms with van der Waals surface area (Å²) in [4.78, 5) is 22.3. The molecule has 3 N–H and O–H groups in total. The molecule has 1 heterocycles. The molecule has 0 spiro atoms. The zero-order valence-corrected chi connectivity index (χ0v) is 10.9. The minimum atomic E-state index is -0.590. The molecule has 18 heavy (non-hydrogen) atoms. The predicted octanol–water partition coefficient (Wildman–Crippen LogP) is 1.34. The second-order valence-electron chi connectivity index (χ2n) is 3.51. The molecule has 1 aromatic rings. The first-order valence-electron chi connectivity index (χ1n) is 4.92. The number of hydrogen-bond donors (Lipinski definition) is 3. The van der Waals surface area contributed by atoms with Crippen LogP contribution in [0.15, 0.2) is 22.3 Å². The third-order valence-corrected chi connectivity index (χ3v) is 2.77. The highest BCUT2D eigenvalue weighted by Gasteiger charge is 2.23. The highest BCUT2D eigenvalue weighted by molar-refractivity contribution is 9.10. The number of halogens is 1. The summed E-state index contributed by atoms with van der Waals surface area (Å²) in [5.41, 5.74) is 0.420. The molecule has 0 saturated carbocycles. The van der Waals surface area contributed by atoms with Crippen LogP contribution in [0.1, 0.15) is 5.56 Å². The lowest BCUT2D eigenvalue weighted by molar-refractivity contribution is -0.115. The fraction of sp³-hybridized carbons (Fsp3) is 0.0909. The van der Waals surface area contributed by atoms with E-state index in [1.54, 1.807) is 12.1 Å². The summed E-state index contributed by atoms with van der Waals surface area (Å²) >= 11 is 3.26. The van der Waals surface area contributed by atoms with Gasteiger partial charge in [-0.05, 0) is 18.2 Å². The van der Waals surface area contributed by atoms with Gasteiger partial charge in [0.25, 0.3) is 5.91 Å². The molecule has 1 fully saturated rings. The van der Waals surface area contributed by atoms with E-state index in [1.807, 2.05) is 0 Å². The van der Waals surface area contributed by atoms with Crippen LogP contribution in [0.5, 0.6) is 11.5 Å². The van der Waals surface area contributed by atoms with Crippen molar-refractivity contribution in [2.24, 2.45) is 0 Å². The van der Waals surface area contributed by atoms with Crippen molar-refractivity contribution < 1.29 is 19.4 Å². The average molecular weight is 313 g/mol. The SMILES string of the molecule is COc1cc(Br)cc(C=C2NC(=O)NC2=O)c1O. The van der Waals surface area contributed by atoms with E-state index < -0.39 is 11.9 Å². The summed E-state index contributed by atoms with van der Waals surface area (Å²) in [7, 11) is 1.42. The maximum atomic E-state index is 11.4. The third kappa shape index (κ3) is 2.30. The molecule has 1 aliphatic heterocycles. The Hall–Kier alpha value is -2.02. The van der Waals surface area contributed by atoms with Crippen molar-refractivity contribution in [3.8, 4) is 11.5 Å². The second-order valence-corrected chi connectivity index (χ2v) is 4.43. The third-order valence-electron chi connectivity index (χ3n) is 2.31. The van der Waals surface area contributed by atoms with E-state index in [0.29, 0.717) is 10.0 Å². The number of amides is 3. The van der Waals surface area contributed by atoms with E-state index >= 15 is 0 Å². The van der Waals surface area contributed by atoms with Gasteiger partial charge in [0.1, 0.15) is 5.70 Å². The number of benzene rings is 1. The van der Waals surface area contributed by atoms with Crippen LogP contribution < -0.4 is 15.4 Å². The standard InChI is InChI=1S/C11H9BrN2O4/c1-18-8-4-6(12)2-5(9(8)15)3-7-10(16)14-11(17)13-7/h2-4,15H,1H3,(H2,13,14,16,17). The number of urea groups is 1. The van der Waals surface area contributed by atoms with Crippen molar-refractivity contribution in [3.05, 3.63) is 27.9 Å². The highest BCUT2D eigenvalue weighted by atomic mass is 79.9. The number of carbonyl (C=O) groups excluding carboxylic acids is 2. The smallest absolute Gasteiger partial charge is 0.326 e. The molecule has 0 atom stereocenters. The Morgan fingerprint density at radius 1 is 1.33 bits per heavy atom. The van der Waals surface area contributed by atoms with Crippen molar-refractivity contribution in [1.82, 2.24) is 10.6 Å². The number of rotatable bonds is 2. The molecule has 6 nitrogen and oxygen atoms in total. The largest absolute Gasteiger partial charge is 0.504 e. The Bertz CT molecular complexity index is 568. The fourth-order valence-corrected chi connectivity index (χ4v) is 1.95. The molecule has 7 heteroatoms. The number of ether oxygens (including phenoxy) is 1. The van der Waals surface area contributed by atoms with E-state index in [0.717, 1.165) is 0 Å². The molecule has 0 bridgehead atoms. The lowest BCUT2D eigenvalue weighted by Crippen LogP contribution is -2.22. The lowest BCUT2D eigenvalue weighted by Gasteiger charge is -2.07. The first-order valence-corrected chi connectivity index (χ1v) is 5.71. The number of hydrogen-bond acceptors (Lipinski definition) is 4. The van der Waals surface area contributed by atoms with Crippen LogP contribution in [-0.4, -0.2) is 24.2 Å². The molecule has 3 amide bonds. The van der Waals surface area contributed by atoms with E-state index in [2.05, 4.69) is 26.6 Å². The van der Waals surface area contributed by atoms with Gasteiger partial charge in [0.2, 0.25) is 0 Å². The maximum absolute atomic E-state index is 11.4. The molecular weight excluding hydrogens is 304 g/mol. The van der Waals surface area contributed by atoms with Gasteiger partial charge < -0.3 is 15.2 Å². The zero-order chi connectivity index (χ0) is 13.3. The molecule has 0 aromatic heterocycles. The minimum Gasteiger partial charge on any atom is -0.504 e. The van der Waals surface area contributed by atoms with Crippen LogP contribution in [-0.2, 0) is 4.79 Å². The number of aromatic hydroxyl groups is 1. The second kappa shape index (κ2) is 4.69. The molecule has 0 unspecified atom stereocenters. The Morgan fingerprint density at radius 3 is 2.61 bits per heavy atom. The van der Waals surface area contributed by atoms with Crippen molar-refractivity contribution in [3.63, 3.8) is 0 Å². The first kappa shape index (κ1) is 12.4. The first-order chi connectivity index (χ1) is 8.51. The van der Waals surface area contributed by atoms with Crippen molar-refractivity contribution in [2.75, 3.05) is 7.11 Å². The Labute approximate surface area is 111 Å². The van der Waals surface area contributed by atoms with Crippen LogP contribution in [0.3, 0.4) is 0 Å². The minimum absolute atomic E-state index is 0.0652. The molecular formula is C11H9BrN2O4. The van der Waals surface area contributed by atoms with Crippen LogP contribution in [0.4, 0.5) is 4.79 Å². The van der Waals surface area contributed by atoms with Crippen LogP contribution in [0.2, 0.25) is 0 Å². The average Bonchev–Trinajstić information content (AvgIpc) is 2.62. The number of phenolic OH excluding ortho intramolecular Hbond substituents is 1. The van der Waals surface area contributed by atoms with Gasteiger partial charge in [-0.15, -0.1) is 0 Å². The van der Waals surface area contributed by atoms with Crippen LogP contribution in [0.25, 0.3) is 6.08 Å². The summed E-state index contributed by atoms with van der Waals surface area (Å²) in [5.74, 6) is -0.388. The summed E-state index contributed by atoms with van der Waals surface area (Å²) in [5, 5.41) is 14.3. The topological polar surface area (TPSA) is 87.7 Å². The molecule has 1 aromatic carbocycles. The summed E-state index contributed by atoms with van der Waals surface area (Å²) in [6, 6.07) is 2.60. The van der Waals surface area contributed by atoms with Gasteiger partial charge in [-0.1, -0.05) is 15.9 Å². The van der Waals surface area contributed by atoms with Gasteiger partial charge in [-0.25, -0.2) is 4.79 Å². The predicted molar refractivity (Wildman–Crippen MR) is 67.0 cm³/mol. The normalized spacial score (nSPS) is 16.7. The van der Waals surface area contributed by atoms with E-state index in [-0.39, 0.29) is 17.2 Å². The number of methoxy groups -OCH3 is 1. The van der Waals surface area contributed by atoms with E-state index in [9.17, 15) is 14.7 Å². The van der Waals surface area contributed by atoms with Crippen LogP contribution in [0, 0.1) is 0 Å². The van der Waals surface area contributed by atoms with Gasteiger partial charge in [0.05, 0.1) is 7.11 Å². The van der Waals surface area contributed by atoms with Gasteiger partial charge in [0.15, 0.2) is 11.5 Å². The van der Waals surface area contributed by atoms with Gasteiger partial charge >= 0.3 is 6.03 Å². The molecule has 0 radical (unpaired) electrons. The monoisotopic (exact) mass is 312 g/mol. The zero-order valence-electron chi connectivity index (χ0n) is 9.28. The van der Waals surface area contributed by atoms with Crippen molar-refractivity contribution >= 4 is 33.9 Å². The molecule has 1 saturated heterocycles. The Kier molecular flexibility index (Phi) is 3.24. The Morgan fingerprint density at radius 2 is 2.06 bits per heavy atom. The molecule has 2 rings (SSSR count). The van der Waals surface area contributed by atoms with Gasteiger partial charge in [-0.3, -0.25) is 10.1 Å². The van der Waals surface area contributed by atoms with Crippen molar-refractivity contribution in [2.45, 2.75) is 0 Å². The molecule has 94 valence electrons. The van der Waals surface area contributed by atoms with Gasteiger partial charge in [-0.2, -0.15) is 0 Å². The molecule has 0 aliphatic carbocycles. The number of nitrogens with one attached hydrogen (secondary N) is 2. The lowest BCUT2D eigenvalue weighted by atomic mass is 10.1. The quantitative estimate of drug-likeness (QED) is 0.568. The van der Waals surface area contributed by atoms with Crippen molar-refractivity contribution in [1.29, 1.82) is 0 Å². The molecule has 1 aliphatic rings. The number of imide groups is 1.